The Bertz CT molecular complexity index is 529. The molecule has 0 spiro atoms. The highest BCUT2D eigenvalue weighted by Gasteiger charge is 2.13. The molecule has 0 bridgehead atoms. The average molecular weight is 308 g/mol. The maximum Gasteiger partial charge on any atom is 0.107 e. The number of nitrogens with zero attached hydrogens (tertiary/aromatic N) is 2. The Morgan fingerprint density at radius 1 is 1.28 bits per heavy atom. The molecule has 1 aromatic heterocycles. The van der Waals surface area contributed by atoms with Crippen LogP contribution in [0.1, 0.15) is 24.6 Å². The molecule has 96 valence electrons. The first-order valence-electron chi connectivity index (χ1n) is 6.18. The van der Waals surface area contributed by atoms with Crippen LogP contribution in [-0.2, 0) is 20.0 Å². The van der Waals surface area contributed by atoms with Crippen molar-refractivity contribution in [3.05, 3.63) is 40.0 Å². The van der Waals surface area contributed by atoms with Crippen molar-refractivity contribution in [3.8, 4) is 11.3 Å². The summed E-state index contributed by atoms with van der Waals surface area (Å²) in [5.74, 6) is 0. The molecular formula is C14H18BrN3. The summed E-state index contributed by atoms with van der Waals surface area (Å²) in [7, 11) is 1.92. The van der Waals surface area contributed by atoms with Gasteiger partial charge in [-0.2, -0.15) is 5.10 Å². The predicted molar refractivity (Wildman–Crippen MR) is 78.2 cm³/mol. The number of aromatic nitrogens is 2. The van der Waals surface area contributed by atoms with Crippen LogP contribution in [0.2, 0.25) is 0 Å². The molecule has 0 atom stereocenters. The Balaban J connectivity index is 2.36. The van der Waals surface area contributed by atoms with Gasteiger partial charge in [-0.25, -0.2) is 0 Å². The molecule has 0 saturated carbocycles. The molecule has 18 heavy (non-hydrogen) atoms. The smallest absolute Gasteiger partial charge is 0.107 e. The summed E-state index contributed by atoms with van der Waals surface area (Å²) in [4.78, 5) is 0. The monoisotopic (exact) mass is 307 g/mol. The van der Waals surface area contributed by atoms with Crippen molar-refractivity contribution in [2.75, 3.05) is 0 Å². The first-order valence-corrected chi connectivity index (χ1v) is 6.97. The molecule has 1 aromatic carbocycles. The molecular weight excluding hydrogens is 290 g/mol. The minimum Gasteiger partial charge on any atom is -0.325 e. The Hall–Kier alpha value is -1.13. The number of halogens is 1. The number of hydrogen-bond acceptors (Lipinski definition) is 2. The van der Waals surface area contributed by atoms with E-state index in [1.54, 1.807) is 0 Å². The molecule has 0 aliphatic carbocycles. The summed E-state index contributed by atoms with van der Waals surface area (Å²) >= 11 is 3.58. The van der Waals surface area contributed by atoms with Gasteiger partial charge in [0, 0.05) is 19.2 Å². The van der Waals surface area contributed by atoms with E-state index >= 15 is 0 Å². The molecule has 0 fully saturated rings. The highest BCUT2D eigenvalue weighted by molar-refractivity contribution is 9.10. The Labute approximate surface area is 116 Å². The van der Waals surface area contributed by atoms with Gasteiger partial charge < -0.3 is 5.73 Å². The van der Waals surface area contributed by atoms with E-state index in [1.807, 2.05) is 11.7 Å². The molecule has 0 radical (unpaired) electrons. The zero-order valence-electron chi connectivity index (χ0n) is 10.8. The van der Waals surface area contributed by atoms with Crippen molar-refractivity contribution in [1.82, 2.24) is 9.78 Å². The third-order valence-corrected chi connectivity index (χ3v) is 3.89. The standard InChI is InChI=1S/C14H18BrN3/c1-3-4-10-5-7-11(8-6-10)14-13(15)12(9-16)18(2)17-14/h5-8H,3-4,9,16H2,1-2H3. The van der Waals surface area contributed by atoms with Gasteiger partial charge >= 0.3 is 0 Å². The van der Waals surface area contributed by atoms with Crippen LogP contribution in [0.25, 0.3) is 11.3 Å². The van der Waals surface area contributed by atoms with E-state index in [2.05, 4.69) is 52.2 Å². The fourth-order valence-corrected chi connectivity index (χ4v) is 2.78. The van der Waals surface area contributed by atoms with Gasteiger partial charge in [-0.15, -0.1) is 0 Å². The molecule has 4 heteroatoms. The number of hydrogen-bond donors (Lipinski definition) is 1. The van der Waals surface area contributed by atoms with Crippen LogP contribution >= 0.6 is 15.9 Å². The first-order chi connectivity index (χ1) is 8.67. The highest BCUT2D eigenvalue weighted by atomic mass is 79.9. The Kier molecular flexibility index (Phi) is 4.19. The largest absolute Gasteiger partial charge is 0.325 e. The van der Waals surface area contributed by atoms with Crippen LogP contribution in [0.15, 0.2) is 28.7 Å². The summed E-state index contributed by atoms with van der Waals surface area (Å²) in [6.07, 6.45) is 2.29. The van der Waals surface area contributed by atoms with Crippen molar-refractivity contribution in [2.24, 2.45) is 12.8 Å². The molecule has 0 aliphatic rings. The van der Waals surface area contributed by atoms with E-state index < -0.39 is 0 Å². The average Bonchev–Trinajstić information content (AvgIpc) is 2.66. The second kappa shape index (κ2) is 5.67. The third kappa shape index (κ3) is 2.49. The molecule has 1 heterocycles. The molecule has 0 aliphatic heterocycles. The number of aryl methyl sites for hydroxylation is 2. The van der Waals surface area contributed by atoms with Crippen LogP contribution in [0.3, 0.4) is 0 Å². The summed E-state index contributed by atoms with van der Waals surface area (Å²) in [6, 6.07) is 8.58. The second-order valence-electron chi connectivity index (χ2n) is 4.38. The topological polar surface area (TPSA) is 43.8 Å². The van der Waals surface area contributed by atoms with Crippen molar-refractivity contribution >= 4 is 15.9 Å². The number of benzene rings is 1. The maximum atomic E-state index is 5.72. The lowest BCUT2D eigenvalue weighted by Crippen LogP contribution is -2.04. The van der Waals surface area contributed by atoms with Gasteiger partial charge in [0.05, 0.1) is 10.2 Å². The predicted octanol–water partition coefficient (Wildman–Crippen LogP) is 3.26. The van der Waals surface area contributed by atoms with E-state index in [1.165, 1.54) is 12.0 Å². The quantitative estimate of drug-likeness (QED) is 0.942. The van der Waals surface area contributed by atoms with Crippen LogP contribution in [-0.4, -0.2) is 9.78 Å². The zero-order chi connectivity index (χ0) is 13.1. The van der Waals surface area contributed by atoms with Crippen LogP contribution in [0.5, 0.6) is 0 Å². The SMILES string of the molecule is CCCc1ccc(-c2nn(C)c(CN)c2Br)cc1. The third-order valence-electron chi connectivity index (χ3n) is 3.06. The van der Waals surface area contributed by atoms with Gasteiger partial charge in [0.1, 0.15) is 5.69 Å². The van der Waals surface area contributed by atoms with E-state index in [9.17, 15) is 0 Å². The van der Waals surface area contributed by atoms with Gasteiger partial charge in [0.25, 0.3) is 0 Å². The number of nitrogens with two attached hydrogens (primary N) is 1. The van der Waals surface area contributed by atoms with Crippen molar-refractivity contribution in [2.45, 2.75) is 26.3 Å². The van der Waals surface area contributed by atoms with E-state index in [0.29, 0.717) is 6.54 Å². The lowest BCUT2D eigenvalue weighted by atomic mass is 10.1. The van der Waals surface area contributed by atoms with E-state index in [-0.39, 0.29) is 0 Å². The zero-order valence-corrected chi connectivity index (χ0v) is 12.4. The Morgan fingerprint density at radius 3 is 2.44 bits per heavy atom. The summed E-state index contributed by atoms with van der Waals surface area (Å²) in [6.45, 7) is 2.68. The fraction of sp³-hybridized carbons (Fsp3) is 0.357. The molecule has 0 unspecified atom stereocenters. The Morgan fingerprint density at radius 2 is 1.94 bits per heavy atom. The van der Waals surface area contributed by atoms with Gasteiger partial charge in [0.15, 0.2) is 0 Å². The first kappa shape index (κ1) is 13.3. The highest BCUT2D eigenvalue weighted by Crippen LogP contribution is 2.30. The van der Waals surface area contributed by atoms with Gasteiger partial charge in [-0.05, 0) is 27.9 Å². The summed E-state index contributed by atoms with van der Waals surface area (Å²) in [5, 5.41) is 4.52. The lowest BCUT2D eigenvalue weighted by molar-refractivity contribution is 0.713. The van der Waals surface area contributed by atoms with Crippen molar-refractivity contribution in [1.29, 1.82) is 0 Å². The second-order valence-corrected chi connectivity index (χ2v) is 5.18. The lowest BCUT2D eigenvalue weighted by Gasteiger charge is -2.01. The van der Waals surface area contributed by atoms with Gasteiger partial charge in [-0.1, -0.05) is 37.6 Å². The molecule has 2 aromatic rings. The minimum atomic E-state index is 0.484. The molecule has 3 nitrogen and oxygen atoms in total. The van der Waals surface area contributed by atoms with Gasteiger partial charge in [0.2, 0.25) is 0 Å². The minimum absolute atomic E-state index is 0.484. The molecule has 0 amide bonds. The van der Waals surface area contributed by atoms with Gasteiger partial charge in [-0.3, -0.25) is 4.68 Å². The molecule has 2 rings (SSSR count). The fourth-order valence-electron chi connectivity index (χ4n) is 2.06. The van der Waals surface area contributed by atoms with Crippen molar-refractivity contribution in [3.63, 3.8) is 0 Å². The maximum absolute atomic E-state index is 5.72. The van der Waals surface area contributed by atoms with Crippen LogP contribution in [0.4, 0.5) is 0 Å². The summed E-state index contributed by atoms with van der Waals surface area (Å²) in [5.41, 5.74) is 10.2. The van der Waals surface area contributed by atoms with E-state index in [0.717, 1.165) is 27.8 Å². The number of rotatable bonds is 4. The molecule has 0 saturated heterocycles. The summed E-state index contributed by atoms with van der Waals surface area (Å²) < 4.78 is 2.83. The van der Waals surface area contributed by atoms with E-state index in [4.69, 9.17) is 5.73 Å². The van der Waals surface area contributed by atoms with Crippen LogP contribution < -0.4 is 5.73 Å². The van der Waals surface area contributed by atoms with Crippen molar-refractivity contribution < 1.29 is 0 Å². The molecule has 2 N–H and O–H groups in total. The normalized spacial score (nSPS) is 10.9. The van der Waals surface area contributed by atoms with Crippen LogP contribution in [0, 0.1) is 0 Å².